The van der Waals surface area contributed by atoms with Crippen LogP contribution in [0.15, 0.2) is 24.3 Å². The van der Waals surface area contributed by atoms with Gasteiger partial charge in [0, 0.05) is 18.1 Å². The molecule has 2 N–H and O–H groups in total. The number of nitrogens with zero attached hydrogens (tertiary/aromatic N) is 1. The first-order valence-corrected chi connectivity index (χ1v) is 7.80. The first-order valence-electron chi connectivity index (χ1n) is 7.01. The van der Waals surface area contributed by atoms with E-state index in [1.165, 1.54) is 0 Å². The maximum absolute atomic E-state index is 12.0. The molecule has 2 rings (SSSR count). The van der Waals surface area contributed by atoms with Crippen molar-refractivity contribution in [3.05, 3.63) is 34.9 Å². The summed E-state index contributed by atoms with van der Waals surface area (Å²) in [6.07, 6.45) is 1.31. The molecule has 0 radical (unpaired) electrons. The number of hydrogen-bond acceptors (Lipinski definition) is 3. The lowest BCUT2D eigenvalue weighted by molar-refractivity contribution is -0.143. The Balaban J connectivity index is 1.80. The van der Waals surface area contributed by atoms with Crippen molar-refractivity contribution in [3.8, 4) is 0 Å². The average molecular weight is 341 g/mol. The van der Waals surface area contributed by atoms with Gasteiger partial charge in [-0.15, -0.1) is 0 Å². The number of rotatable bonds is 3. The number of likely N-dealkylation sites (tertiary alicyclic amines) is 1. The van der Waals surface area contributed by atoms with Crippen molar-refractivity contribution in [2.24, 2.45) is 5.92 Å². The second-order valence-electron chi connectivity index (χ2n) is 5.26. The molecule has 0 bridgehead atoms. The summed E-state index contributed by atoms with van der Waals surface area (Å²) < 4.78 is 0. The van der Waals surface area contributed by atoms with Crippen molar-refractivity contribution in [2.75, 3.05) is 13.1 Å². The van der Waals surface area contributed by atoms with Crippen molar-refractivity contribution in [3.63, 3.8) is 0 Å². The molecule has 0 unspecified atom stereocenters. The molecule has 0 saturated carbocycles. The molecule has 1 heterocycles. The van der Waals surface area contributed by atoms with Crippen LogP contribution in [-0.2, 0) is 16.0 Å². The molecular weight excluding hydrogens is 324 g/mol. The Hall–Kier alpha value is -1.66. The number of carboxylic acid groups (broad SMARTS) is 1. The largest absolute Gasteiger partial charge is 0.481 e. The highest BCUT2D eigenvalue weighted by atomic mass is 35.5. The van der Waals surface area contributed by atoms with Gasteiger partial charge in [0.25, 0.3) is 0 Å². The minimum Gasteiger partial charge on any atom is -0.481 e. The lowest BCUT2D eigenvalue weighted by Gasteiger charge is -2.31. The van der Waals surface area contributed by atoms with Gasteiger partial charge in [0.1, 0.15) is 0 Å². The summed E-state index contributed by atoms with van der Waals surface area (Å²) >= 11 is 11.0. The first kappa shape index (κ1) is 16.7. The second kappa shape index (κ2) is 7.56. The summed E-state index contributed by atoms with van der Waals surface area (Å²) in [4.78, 5) is 24.7. The maximum Gasteiger partial charge on any atom is 0.306 e. The van der Waals surface area contributed by atoms with E-state index in [4.69, 9.17) is 28.9 Å². The third-order valence-electron chi connectivity index (χ3n) is 3.66. The van der Waals surface area contributed by atoms with Gasteiger partial charge in [-0.1, -0.05) is 23.7 Å². The van der Waals surface area contributed by atoms with Gasteiger partial charge in [0.2, 0.25) is 5.91 Å². The molecule has 1 aromatic carbocycles. The monoisotopic (exact) mass is 340 g/mol. The van der Waals surface area contributed by atoms with Gasteiger partial charge in [0.05, 0.1) is 12.3 Å². The quantitative estimate of drug-likeness (QED) is 0.824. The molecular formula is C15H17ClN2O3S. The smallest absolute Gasteiger partial charge is 0.306 e. The van der Waals surface area contributed by atoms with Crippen molar-refractivity contribution in [1.82, 2.24) is 10.2 Å². The molecule has 1 amide bonds. The molecule has 0 atom stereocenters. The van der Waals surface area contributed by atoms with Gasteiger partial charge in [-0.25, -0.2) is 0 Å². The lowest BCUT2D eigenvalue weighted by atomic mass is 9.97. The molecule has 7 heteroatoms. The summed E-state index contributed by atoms with van der Waals surface area (Å²) in [6, 6.07) is 7.06. The van der Waals surface area contributed by atoms with Gasteiger partial charge in [-0.2, -0.15) is 0 Å². The molecule has 1 aliphatic heterocycles. The second-order valence-corrected chi connectivity index (χ2v) is 6.08. The summed E-state index contributed by atoms with van der Waals surface area (Å²) in [5.74, 6) is -1.27. The van der Waals surface area contributed by atoms with Crippen LogP contribution in [-0.4, -0.2) is 40.1 Å². The number of benzene rings is 1. The van der Waals surface area contributed by atoms with Gasteiger partial charge in [0.15, 0.2) is 5.11 Å². The normalized spacial score (nSPS) is 15.4. The van der Waals surface area contributed by atoms with E-state index in [0.29, 0.717) is 36.1 Å². The van der Waals surface area contributed by atoms with E-state index in [2.05, 4.69) is 5.32 Å². The standard InChI is InChI=1S/C15H17ClN2O3S/c16-12-3-1-10(2-4-12)9-13(19)17-15(22)18-7-5-11(6-8-18)14(20)21/h1-4,11H,5-9H2,(H,20,21)(H,17,19,22). The molecule has 0 aromatic heterocycles. The highest BCUT2D eigenvalue weighted by Crippen LogP contribution is 2.17. The predicted molar refractivity (Wildman–Crippen MR) is 87.8 cm³/mol. The maximum atomic E-state index is 12.0. The molecule has 118 valence electrons. The Kier molecular flexibility index (Phi) is 5.74. The SMILES string of the molecule is O=C(Cc1ccc(Cl)cc1)NC(=S)N1CCC(C(=O)O)CC1. The molecule has 0 aliphatic carbocycles. The Morgan fingerprint density at radius 3 is 2.41 bits per heavy atom. The number of carboxylic acids is 1. The van der Waals surface area contributed by atoms with E-state index in [1.54, 1.807) is 24.3 Å². The molecule has 22 heavy (non-hydrogen) atoms. The number of piperidine rings is 1. The summed E-state index contributed by atoms with van der Waals surface area (Å²) in [5.41, 5.74) is 0.856. The van der Waals surface area contributed by atoms with Crippen LogP contribution in [0.25, 0.3) is 0 Å². The van der Waals surface area contributed by atoms with E-state index < -0.39 is 5.97 Å². The number of amides is 1. The number of thiocarbonyl (C=S) groups is 1. The molecule has 5 nitrogen and oxygen atoms in total. The highest BCUT2D eigenvalue weighted by Gasteiger charge is 2.26. The fourth-order valence-electron chi connectivity index (χ4n) is 2.36. The van der Waals surface area contributed by atoms with E-state index in [1.807, 2.05) is 4.90 Å². The zero-order valence-corrected chi connectivity index (χ0v) is 13.5. The zero-order chi connectivity index (χ0) is 16.1. The third-order valence-corrected chi connectivity index (χ3v) is 4.27. The molecule has 1 saturated heterocycles. The van der Waals surface area contributed by atoms with Gasteiger partial charge in [-0.05, 0) is 42.8 Å². The molecule has 1 aliphatic rings. The van der Waals surface area contributed by atoms with Gasteiger partial charge < -0.3 is 15.3 Å². The third kappa shape index (κ3) is 4.68. The summed E-state index contributed by atoms with van der Waals surface area (Å²) in [6.45, 7) is 1.11. The fraction of sp³-hybridized carbons (Fsp3) is 0.400. The number of nitrogens with one attached hydrogen (secondary N) is 1. The van der Waals surface area contributed by atoms with Crippen LogP contribution < -0.4 is 5.32 Å². The minimum absolute atomic E-state index is 0.187. The Labute approximate surface area is 139 Å². The van der Waals surface area contributed by atoms with Crippen LogP contribution >= 0.6 is 23.8 Å². The Morgan fingerprint density at radius 2 is 1.86 bits per heavy atom. The van der Waals surface area contributed by atoms with Crippen LogP contribution in [0, 0.1) is 5.92 Å². The van der Waals surface area contributed by atoms with E-state index >= 15 is 0 Å². The highest BCUT2D eigenvalue weighted by molar-refractivity contribution is 7.80. The van der Waals surface area contributed by atoms with Crippen LogP contribution in [0.2, 0.25) is 5.02 Å². The number of hydrogen-bond donors (Lipinski definition) is 2. The van der Waals surface area contributed by atoms with Gasteiger partial charge in [-0.3, -0.25) is 9.59 Å². The number of aliphatic carboxylic acids is 1. The number of halogens is 1. The van der Waals surface area contributed by atoms with Crippen LogP contribution in [0.5, 0.6) is 0 Å². The predicted octanol–water partition coefficient (Wildman–Crippen LogP) is 2.08. The Morgan fingerprint density at radius 1 is 1.27 bits per heavy atom. The number of carbonyl (C=O) groups excluding carboxylic acids is 1. The zero-order valence-electron chi connectivity index (χ0n) is 11.9. The first-order chi connectivity index (χ1) is 10.5. The van der Waals surface area contributed by atoms with Crippen LogP contribution in [0.1, 0.15) is 18.4 Å². The van der Waals surface area contributed by atoms with E-state index in [-0.39, 0.29) is 18.2 Å². The van der Waals surface area contributed by atoms with E-state index in [0.717, 1.165) is 5.56 Å². The topological polar surface area (TPSA) is 69.6 Å². The summed E-state index contributed by atoms with van der Waals surface area (Å²) in [7, 11) is 0. The van der Waals surface area contributed by atoms with Crippen LogP contribution in [0.4, 0.5) is 0 Å². The van der Waals surface area contributed by atoms with Crippen molar-refractivity contribution < 1.29 is 14.7 Å². The molecule has 1 fully saturated rings. The average Bonchev–Trinajstić information content (AvgIpc) is 2.49. The van der Waals surface area contributed by atoms with Crippen molar-refractivity contribution >= 4 is 40.8 Å². The lowest BCUT2D eigenvalue weighted by Crippen LogP contribution is -2.47. The number of carbonyl (C=O) groups is 2. The van der Waals surface area contributed by atoms with Crippen LogP contribution in [0.3, 0.4) is 0 Å². The fourth-order valence-corrected chi connectivity index (χ4v) is 2.78. The molecule has 0 spiro atoms. The Bertz CT molecular complexity index is 569. The van der Waals surface area contributed by atoms with Crippen molar-refractivity contribution in [2.45, 2.75) is 19.3 Å². The summed E-state index contributed by atoms with van der Waals surface area (Å²) in [5, 5.41) is 12.6. The van der Waals surface area contributed by atoms with Crippen molar-refractivity contribution in [1.29, 1.82) is 0 Å². The minimum atomic E-state index is -0.766. The molecule has 1 aromatic rings. The van der Waals surface area contributed by atoms with Gasteiger partial charge >= 0.3 is 5.97 Å². The van der Waals surface area contributed by atoms with E-state index in [9.17, 15) is 9.59 Å².